The van der Waals surface area contributed by atoms with Gasteiger partial charge < -0.3 is 19.4 Å². The molecule has 1 spiro atoms. The first-order chi connectivity index (χ1) is 14.4. The number of para-hydroxylation sites is 1. The van der Waals surface area contributed by atoms with Crippen LogP contribution in [0.25, 0.3) is 0 Å². The minimum atomic E-state index is -0.341. The molecule has 1 atom stereocenters. The molecule has 0 unspecified atom stereocenters. The smallest absolute Gasteiger partial charge is 0.289 e. The Kier molecular flexibility index (Phi) is 5.58. The molecule has 1 aromatic carbocycles. The van der Waals surface area contributed by atoms with Gasteiger partial charge in [0.1, 0.15) is 11.4 Å². The van der Waals surface area contributed by atoms with Gasteiger partial charge >= 0.3 is 0 Å². The Labute approximate surface area is 177 Å². The summed E-state index contributed by atoms with van der Waals surface area (Å²) < 4.78 is 11.9. The van der Waals surface area contributed by atoms with E-state index >= 15 is 0 Å². The third-order valence-electron chi connectivity index (χ3n) is 6.20. The van der Waals surface area contributed by atoms with E-state index in [2.05, 4.69) is 11.4 Å². The molecule has 0 saturated carbocycles. The molecule has 1 N–H and O–H groups in total. The molecule has 6 nitrogen and oxygen atoms in total. The number of hydrogen-bond acceptors (Lipinski definition) is 4. The quantitative estimate of drug-likeness (QED) is 0.826. The van der Waals surface area contributed by atoms with E-state index in [-0.39, 0.29) is 29.4 Å². The molecule has 1 aromatic heterocycles. The van der Waals surface area contributed by atoms with E-state index in [4.69, 9.17) is 9.15 Å². The second-order valence-electron chi connectivity index (χ2n) is 8.88. The highest BCUT2D eigenvalue weighted by Crippen LogP contribution is 2.46. The van der Waals surface area contributed by atoms with Crippen molar-refractivity contribution in [3.63, 3.8) is 0 Å². The predicted octanol–water partition coefficient (Wildman–Crippen LogP) is 4.04. The molecule has 2 aliphatic rings. The van der Waals surface area contributed by atoms with E-state index in [1.807, 2.05) is 49.9 Å². The van der Waals surface area contributed by atoms with E-state index < -0.39 is 0 Å². The molecule has 160 valence electrons. The summed E-state index contributed by atoms with van der Waals surface area (Å²) in [5, 5.41) is 3.01. The third kappa shape index (κ3) is 4.09. The summed E-state index contributed by atoms with van der Waals surface area (Å²) in [6.07, 6.45) is 4.29. The first-order valence-electron chi connectivity index (χ1n) is 10.8. The number of carbonyl (C=O) groups is 2. The topological polar surface area (TPSA) is 71.8 Å². The van der Waals surface area contributed by atoms with Gasteiger partial charge in [0.2, 0.25) is 5.91 Å². The van der Waals surface area contributed by atoms with Crippen LogP contribution >= 0.6 is 0 Å². The number of nitrogens with zero attached hydrogens (tertiary/aromatic N) is 1. The van der Waals surface area contributed by atoms with Crippen LogP contribution in [0.1, 0.15) is 67.1 Å². The Morgan fingerprint density at radius 1 is 1.20 bits per heavy atom. The molecule has 3 heterocycles. The lowest BCUT2D eigenvalue weighted by Crippen LogP contribution is -2.52. The van der Waals surface area contributed by atoms with Crippen LogP contribution in [0.15, 0.2) is 41.0 Å². The number of fused-ring (bicyclic) bond motifs is 1. The standard InChI is InChI=1S/C24H30N2O4/c1-16(2)25-21(27)14-18-15-24(30-20-7-5-4-6-19(18)20)9-11-26(12-10-24)23(28)22-17(3)8-13-29-22/h4-8,13,16,18H,9-12,14-15H2,1-3H3,(H,25,27)/t18-/m1/s1. The van der Waals surface area contributed by atoms with Crippen molar-refractivity contribution < 1.29 is 18.7 Å². The maximum absolute atomic E-state index is 12.8. The van der Waals surface area contributed by atoms with Crippen molar-refractivity contribution >= 4 is 11.8 Å². The fraction of sp³-hybridized carbons (Fsp3) is 0.500. The van der Waals surface area contributed by atoms with Gasteiger partial charge in [0.05, 0.1) is 6.26 Å². The fourth-order valence-corrected chi connectivity index (χ4v) is 4.69. The Morgan fingerprint density at radius 2 is 1.93 bits per heavy atom. The zero-order chi connectivity index (χ0) is 21.3. The lowest BCUT2D eigenvalue weighted by Gasteiger charge is -2.46. The molecular weight excluding hydrogens is 380 g/mol. The maximum Gasteiger partial charge on any atom is 0.289 e. The molecule has 30 heavy (non-hydrogen) atoms. The van der Waals surface area contributed by atoms with Crippen LogP contribution in [0, 0.1) is 6.92 Å². The number of furan rings is 1. The summed E-state index contributed by atoms with van der Waals surface area (Å²) in [4.78, 5) is 27.1. The summed E-state index contributed by atoms with van der Waals surface area (Å²) in [6.45, 7) is 7.07. The summed E-state index contributed by atoms with van der Waals surface area (Å²) in [6, 6.07) is 9.97. The first kappa shape index (κ1) is 20.5. The van der Waals surface area contributed by atoms with Crippen molar-refractivity contribution in [2.75, 3.05) is 13.1 Å². The highest BCUT2D eigenvalue weighted by molar-refractivity contribution is 5.92. The van der Waals surface area contributed by atoms with Gasteiger partial charge in [-0.25, -0.2) is 0 Å². The van der Waals surface area contributed by atoms with E-state index in [1.54, 1.807) is 6.26 Å². The number of carbonyl (C=O) groups excluding carboxylic acids is 2. The lowest BCUT2D eigenvalue weighted by atomic mass is 9.76. The van der Waals surface area contributed by atoms with Crippen LogP contribution in [0.5, 0.6) is 5.75 Å². The van der Waals surface area contributed by atoms with Crippen molar-refractivity contribution in [2.24, 2.45) is 0 Å². The molecule has 0 bridgehead atoms. The third-order valence-corrected chi connectivity index (χ3v) is 6.20. The van der Waals surface area contributed by atoms with Crippen LogP contribution in [-0.2, 0) is 4.79 Å². The molecule has 2 amide bonds. The largest absolute Gasteiger partial charge is 0.487 e. The second kappa shape index (κ2) is 8.17. The molecule has 4 rings (SSSR count). The molecule has 1 saturated heterocycles. The molecule has 2 aromatic rings. The van der Waals surface area contributed by atoms with Gasteiger partial charge in [-0.15, -0.1) is 0 Å². The van der Waals surface area contributed by atoms with Gasteiger partial charge in [-0.05, 0) is 44.9 Å². The van der Waals surface area contributed by atoms with Gasteiger partial charge in [0.15, 0.2) is 5.76 Å². The minimum Gasteiger partial charge on any atom is -0.487 e. The van der Waals surface area contributed by atoms with Crippen LogP contribution < -0.4 is 10.1 Å². The van der Waals surface area contributed by atoms with Crippen LogP contribution in [0.3, 0.4) is 0 Å². The molecule has 6 heteroatoms. The number of amides is 2. The normalized spacial score (nSPS) is 20.0. The van der Waals surface area contributed by atoms with E-state index in [1.165, 1.54) is 0 Å². The highest BCUT2D eigenvalue weighted by Gasteiger charge is 2.44. The van der Waals surface area contributed by atoms with Gasteiger partial charge in [-0.2, -0.15) is 0 Å². The SMILES string of the molecule is Cc1ccoc1C(=O)N1CCC2(CC1)C[C@@H](CC(=O)NC(C)C)c1ccccc1O2. The Bertz CT molecular complexity index is 925. The zero-order valence-electron chi connectivity index (χ0n) is 17.9. The number of likely N-dealkylation sites (tertiary alicyclic amines) is 1. The molecule has 1 fully saturated rings. The summed E-state index contributed by atoms with van der Waals surface area (Å²) in [5.74, 6) is 1.42. The fourth-order valence-electron chi connectivity index (χ4n) is 4.69. The van der Waals surface area contributed by atoms with E-state index in [9.17, 15) is 9.59 Å². The first-order valence-corrected chi connectivity index (χ1v) is 10.8. The second-order valence-corrected chi connectivity index (χ2v) is 8.88. The van der Waals surface area contributed by atoms with Crippen molar-refractivity contribution in [1.29, 1.82) is 0 Å². The number of nitrogens with one attached hydrogen (secondary N) is 1. The average Bonchev–Trinajstić information content (AvgIpc) is 3.13. The Morgan fingerprint density at radius 3 is 2.60 bits per heavy atom. The summed E-state index contributed by atoms with van der Waals surface area (Å²) in [5.41, 5.74) is 1.62. The number of aryl methyl sites for hydroxylation is 1. The van der Waals surface area contributed by atoms with E-state index in [0.29, 0.717) is 25.3 Å². The van der Waals surface area contributed by atoms with Gasteiger partial charge in [-0.1, -0.05) is 18.2 Å². The van der Waals surface area contributed by atoms with Crippen molar-refractivity contribution in [2.45, 2.75) is 64.0 Å². The number of rotatable bonds is 4. The van der Waals surface area contributed by atoms with Crippen molar-refractivity contribution in [1.82, 2.24) is 10.2 Å². The minimum absolute atomic E-state index is 0.0589. The monoisotopic (exact) mass is 410 g/mol. The van der Waals surface area contributed by atoms with E-state index in [0.717, 1.165) is 36.1 Å². The number of benzene rings is 1. The molecule has 2 aliphatic heterocycles. The van der Waals surface area contributed by atoms with Gasteiger partial charge in [0, 0.05) is 49.9 Å². The highest BCUT2D eigenvalue weighted by atomic mass is 16.5. The van der Waals surface area contributed by atoms with Crippen LogP contribution in [0.2, 0.25) is 0 Å². The Balaban J connectivity index is 1.49. The predicted molar refractivity (Wildman–Crippen MR) is 114 cm³/mol. The van der Waals surface area contributed by atoms with Gasteiger partial charge in [-0.3, -0.25) is 9.59 Å². The van der Waals surface area contributed by atoms with Crippen LogP contribution in [-0.4, -0.2) is 41.4 Å². The zero-order valence-corrected chi connectivity index (χ0v) is 17.9. The van der Waals surface area contributed by atoms with Crippen LogP contribution in [0.4, 0.5) is 0 Å². The van der Waals surface area contributed by atoms with Crippen molar-refractivity contribution in [3.8, 4) is 5.75 Å². The molecule has 0 radical (unpaired) electrons. The molecule has 0 aliphatic carbocycles. The molecular formula is C24H30N2O4. The van der Waals surface area contributed by atoms with Crippen molar-refractivity contribution in [3.05, 3.63) is 53.5 Å². The Hall–Kier alpha value is -2.76. The lowest BCUT2D eigenvalue weighted by molar-refractivity contribution is -0.122. The summed E-state index contributed by atoms with van der Waals surface area (Å²) >= 11 is 0. The number of piperidine rings is 1. The average molecular weight is 411 g/mol. The van der Waals surface area contributed by atoms with Gasteiger partial charge in [0.25, 0.3) is 5.91 Å². The maximum atomic E-state index is 12.8. The number of ether oxygens (including phenoxy) is 1. The number of hydrogen-bond donors (Lipinski definition) is 1. The summed E-state index contributed by atoms with van der Waals surface area (Å²) in [7, 11) is 0.